The standard InChI is InChI=1S/C12H15NO7S/c1-19-10-4-3-9(6-11(10)20-2)21(17,18)13-8(7-14)5-12(15)16/h3-4,6-8,13H,5H2,1-2H3,(H,15,16)/t8-/m0/s1. The van der Waals surface area contributed by atoms with Gasteiger partial charge in [0.1, 0.15) is 6.29 Å². The minimum atomic E-state index is -4.05. The lowest BCUT2D eigenvalue weighted by atomic mass is 10.2. The Bertz CT molecular complexity index is 626. The van der Waals surface area contributed by atoms with Crippen LogP contribution in [0.2, 0.25) is 0 Å². The zero-order valence-electron chi connectivity index (χ0n) is 11.4. The minimum Gasteiger partial charge on any atom is -0.493 e. The molecule has 0 aliphatic carbocycles. The number of benzene rings is 1. The molecule has 0 unspecified atom stereocenters. The number of aliphatic carboxylic acids is 1. The highest BCUT2D eigenvalue weighted by atomic mass is 32.2. The Balaban J connectivity index is 3.07. The van der Waals surface area contributed by atoms with Crippen molar-refractivity contribution >= 4 is 22.3 Å². The van der Waals surface area contributed by atoms with E-state index in [-0.39, 0.29) is 16.9 Å². The molecule has 0 amide bonds. The van der Waals surface area contributed by atoms with Crippen LogP contribution in [0.4, 0.5) is 0 Å². The van der Waals surface area contributed by atoms with Gasteiger partial charge in [0.05, 0.1) is 31.6 Å². The molecule has 0 saturated heterocycles. The molecular weight excluding hydrogens is 302 g/mol. The van der Waals surface area contributed by atoms with Gasteiger partial charge in [0.15, 0.2) is 11.5 Å². The van der Waals surface area contributed by atoms with Crippen molar-refractivity contribution in [2.24, 2.45) is 0 Å². The number of rotatable bonds is 8. The maximum Gasteiger partial charge on any atom is 0.305 e. The molecule has 9 heteroatoms. The van der Waals surface area contributed by atoms with Crippen molar-refractivity contribution in [1.82, 2.24) is 4.72 Å². The lowest BCUT2D eigenvalue weighted by Crippen LogP contribution is -2.37. The van der Waals surface area contributed by atoms with Crippen LogP contribution in [0.15, 0.2) is 23.1 Å². The molecule has 0 aromatic heterocycles. The molecule has 1 aromatic carbocycles. The second-order valence-corrected chi connectivity index (χ2v) is 5.69. The highest BCUT2D eigenvalue weighted by molar-refractivity contribution is 7.89. The van der Waals surface area contributed by atoms with E-state index in [4.69, 9.17) is 14.6 Å². The maximum atomic E-state index is 12.1. The Hall–Kier alpha value is -2.13. The zero-order chi connectivity index (χ0) is 16.0. The highest BCUT2D eigenvalue weighted by Gasteiger charge is 2.23. The molecule has 0 saturated carbocycles. The van der Waals surface area contributed by atoms with E-state index in [0.29, 0.717) is 5.75 Å². The smallest absolute Gasteiger partial charge is 0.305 e. The lowest BCUT2D eigenvalue weighted by Gasteiger charge is -2.13. The van der Waals surface area contributed by atoms with Gasteiger partial charge < -0.3 is 19.4 Å². The Morgan fingerprint density at radius 2 is 1.95 bits per heavy atom. The number of nitrogens with one attached hydrogen (secondary N) is 1. The van der Waals surface area contributed by atoms with Crippen LogP contribution in [0, 0.1) is 0 Å². The average Bonchev–Trinajstić information content (AvgIpc) is 2.44. The fourth-order valence-corrected chi connectivity index (χ4v) is 2.74. The van der Waals surface area contributed by atoms with Gasteiger partial charge in [0.25, 0.3) is 0 Å². The third-order valence-electron chi connectivity index (χ3n) is 2.53. The molecule has 116 valence electrons. The predicted octanol–water partition coefficient (Wildman–Crippen LogP) is 0.0243. The molecule has 1 rings (SSSR count). The number of carbonyl (C=O) groups excluding carboxylic acids is 1. The monoisotopic (exact) mass is 317 g/mol. The van der Waals surface area contributed by atoms with Gasteiger partial charge in [-0.25, -0.2) is 13.1 Å². The number of carboxylic acids is 1. The van der Waals surface area contributed by atoms with Crippen molar-refractivity contribution in [3.8, 4) is 11.5 Å². The minimum absolute atomic E-state index is 0.169. The van der Waals surface area contributed by atoms with Crippen molar-refractivity contribution in [1.29, 1.82) is 0 Å². The Labute approximate surface area is 121 Å². The molecule has 0 radical (unpaired) electrons. The third kappa shape index (κ3) is 4.43. The van der Waals surface area contributed by atoms with Crippen LogP contribution in [0.5, 0.6) is 11.5 Å². The van der Waals surface area contributed by atoms with Crippen LogP contribution in [0.3, 0.4) is 0 Å². The van der Waals surface area contributed by atoms with Gasteiger partial charge in [-0.1, -0.05) is 0 Å². The van der Waals surface area contributed by atoms with Crippen LogP contribution >= 0.6 is 0 Å². The van der Waals surface area contributed by atoms with E-state index in [1.165, 1.54) is 32.4 Å². The molecule has 2 N–H and O–H groups in total. The number of aldehydes is 1. The van der Waals surface area contributed by atoms with Gasteiger partial charge >= 0.3 is 5.97 Å². The number of hydrogen-bond donors (Lipinski definition) is 2. The van der Waals surface area contributed by atoms with Crippen molar-refractivity contribution in [3.63, 3.8) is 0 Å². The number of methoxy groups -OCH3 is 2. The van der Waals surface area contributed by atoms with Crippen LogP contribution in [-0.4, -0.2) is 46.0 Å². The fourth-order valence-electron chi connectivity index (χ4n) is 1.56. The first kappa shape index (κ1) is 16.9. The first-order valence-electron chi connectivity index (χ1n) is 5.75. The molecule has 8 nitrogen and oxygen atoms in total. The molecular formula is C12H15NO7S. The summed E-state index contributed by atoms with van der Waals surface area (Å²) in [5.74, 6) is -0.753. The largest absolute Gasteiger partial charge is 0.493 e. The molecule has 0 aliphatic heterocycles. The fraction of sp³-hybridized carbons (Fsp3) is 0.333. The zero-order valence-corrected chi connectivity index (χ0v) is 12.2. The van der Waals surface area contributed by atoms with E-state index >= 15 is 0 Å². The highest BCUT2D eigenvalue weighted by Crippen LogP contribution is 2.29. The molecule has 0 spiro atoms. The van der Waals surface area contributed by atoms with Crippen molar-refractivity contribution in [3.05, 3.63) is 18.2 Å². The summed E-state index contributed by atoms with van der Waals surface area (Å²) in [5.41, 5.74) is 0. The van der Waals surface area contributed by atoms with Crippen LogP contribution in [0.25, 0.3) is 0 Å². The van der Waals surface area contributed by atoms with Crippen molar-refractivity contribution in [2.45, 2.75) is 17.4 Å². The summed E-state index contributed by atoms with van der Waals surface area (Å²) in [5, 5.41) is 8.60. The molecule has 0 heterocycles. The first-order chi connectivity index (χ1) is 9.83. The van der Waals surface area contributed by atoms with E-state index in [2.05, 4.69) is 0 Å². The number of carbonyl (C=O) groups is 2. The molecule has 1 aromatic rings. The number of carboxylic acid groups (broad SMARTS) is 1. The SMILES string of the molecule is COc1ccc(S(=O)(=O)N[C@H](C=O)CC(=O)O)cc1OC. The molecule has 0 bridgehead atoms. The molecule has 1 atom stereocenters. The Morgan fingerprint density at radius 1 is 1.33 bits per heavy atom. The van der Waals surface area contributed by atoms with E-state index in [1.807, 2.05) is 4.72 Å². The molecule has 0 aliphatic rings. The quantitative estimate of drug-likeness (QED) is 0.649. The Morgan fingerprint density at radius 3 is 2.43 bits per heavy atom. The first-order valence-corrected chi connectivity index (χ1v) is 7.23. The third-order valence-corrected chi connectivity index (χ3v) is 4.02. The number of sulfonamides is 1. The van der Waals surface area contributed by atoms with Gasteiger partial charge in [-0.3, -0.25) is 4.79 Å². The predicted molar refractivity (Wildman–Crippen MR) is 72.0 cm³/mol. The van der Waals surface area contributed by atoms with Gasteiger partial charge in [-0.05, 0) is 12.1 Å². The van der Waals surface area contributed by atoms with Gasteiger partial charge in [0, 0.05) is 6.07 Å². The topological polar surface area (TPSA) is 119 Å². The van der Waals surface area contributed by atoms with Crippen molar-refractivity contribution in [2.75, 3.05) is 14.2 Å². The normalized spacial score (nSPS) is 12.5. The summed E-state index contributed by atoms with van der Waals surface area (Å²) in [4.78, 5) is 21.1. The van der Waals surface area contributed by atoms with Gasteiger partial charge in [0.2, 0.25) is 10.0 Å². The number of ether oxygens (including phenoxy) is 2. The molecule has 21 heavy (non-hydrogen) atoms. The number of hydrogen-bond acceptors (Lipinski definition) is 6. The van der Waals surface area contributed by atoms with Gasteiger partial charge in [-0.15, -0.1) is 0 Å². The maximum absolute atomic E-state index is 12.1. The van der Waals surface area contributed by atoms with Crippen LogP contribution < -0.4 is 14.2 Å². The summed E-state index contributed by atoms with van der Waals surface area (Å²) >= 11 is 0. The van der Waals surface area contributed by atoms with E-state index in [1.54, 1.807) is 0 Å². The van der Waals surface area contributed by atoms with E-state index < -0.39 is 28.5 Å². The lowest BCUT2D eigenvalue weighted by molar-refractivity contribution is -0.138. The summed E-state index contributed by atoms with van der Waals surface area (Å²) in [6.07, 6.45) is -0.414. The van der Waals surface area contributed by atoms with Crippen molar-refractivity contribution < 1.29 is 32.6 Å². The summed E-state index contributed by atoms with van der Waals surface area (Å²) in [7, 11) is -1.31. The van der Waals surface area contributed by atoms with Gasteiger partial charge in [-0.2, -0.15) is 0 Å². The summed E-state index contributed by atoms with van der Waals surface area (Å²) < 4.78 is 36.2. The molecule has 0 fully saturated rings. The summed E-state index contributed by atoms with van der Waals surface area (Å²) in [6, 6.07) is 2.51. The average molecular weight is 317 g/mol. The Kier molecular flexibility index (Phi) is 5.68. The van der Waals surface area contributed by atoms with E-state index in [9.17, 15) is 18.0 Å². The van der Waals surface area contributed by atoms with E-state index in [0.717, 1.165) is 0 Å². The second kappa shape index (κ2) is 7.04. The summed E-state index contributed by atoms with van der Waals surface area (Å²) in [6.45, 7) is 0. The van der Waals surface area contributed by atoms with Crippen LogP contribution in [-0.2, 0) is 19.6 Å². The van der Waals surface area contributed by atoms with Crippen LogP contribution in [0.1, 0.15) is 6.42 Å². The second-order valence-electron chi connectivity index (χ2n) is 3.98.